The zero-order valence-electron chi connectivity index (χ0n) is 18.7. The average molecular weight is 495 g/mol. The van der Waals surface area contributed by atoms with E-state index in [4.69, 9.17) is 0 Å². The molecule has 0 unspecified atom stereocenters. The molecule has 182 valence electrons. The first-order chi connectivity index (χ1) is 17.1. The second-order valence-electron chi connectivity index (χ2n) is 8.13. The number of fused-ring (bicyclic) bond motifs is 1. The molecule has 0 saturated heterocycles. The van der Waals surface area contributed by atoms with E-state index in [9.17, 15) is 27.2 Å². The van der Waals surface area contributed by atoms with Gasteiger partial charge in [-0.05, 0) is 24.3 Å². The van der Waals surface area contributed by atoms with Crippen molar-refractivity contribution in [2.45, 2.75) is 12.7 Å². The summed E-state index contributed by atoms with van der Waals surface area (Å²) in [6.45, 7) is 0.212. The minimum absolute atomic E-state index is 0.0697. The normalized spacial score (nSPS) is 12.9. The molecular weight excluding hydrogens is 478 g/mol. The first-order valence-electron chi connectivity index (χ1n) is 10.7. The van der Waals surface area contributed by atoms with Gasteiger partial charge in [0.2, 0.25) is 0 Å². The van der Waals surface area contributed by atoms with Crippen molar-refractivity contribution in [1.29, 1.82) is 0 Å². The average Bonchev–Trinajstić information content (AvgIpc) is 3.43. The molecule has 0 radical (unpaired) electrons. The number of hydrogen-bond donors (Lipinski definition) is 2. The standard InChI is InChI=1S/C25H17F4N5O2/c1-34-8-7-19(33-34)14-9-15(18(26)11-17(14)25(27,28)29)24(36)32-20-10-16-21(12-30-23(16)35)31-22(20)13-5-3-2-4-6-13/h2-11H,12H2,1H3,(H,30,35)(H,32,36). The van der Waals surface area contributed by atoms with Crippen LogP contribution in [0.1, 0.15) is 32.0 Å². The molecule has 36 heavy (non-hydrogen) atoms. The summed E-state index contributed by atoms with van der Waals surface area (Å²) in [6, 6.07) is 12.7. The zero-order chi connectivity index (χ0) is 25.6. The molecule has 11 heteroatoms. The summed E-state index contributed by atoms with van der Waals surface area (Å²) >= 11 is 0. The highest BCUT2D eigenvalue weighted by atomic mass is 19.4. The number of benzene rings is 2. The van der Waals surface area contributed by atoms with Crippen LogP contribution in [0.5, 0.6) is 0 Å². The van der Waals surface area contributed by atoms with E-state index >= 15 is 0 Å². The number of aromatic nitrogens is 3. The van der Waals surface area contributed by atoms with Crippen LogP contribution in [-0.4, -0.2) is 26.6 Å². The molecule has 2 aromatic carbocycles. The Hall–Kier alpha value is -4.54. The van der Waals surface area contributed by atoms with E-state index in [1.54, 1.807) is 30.3 Å². The lowest BCUT2D eigenvalue weighted by Crippen LogP contribution is -2.18. The fraction of sp³-hybridized carbons (Fsp3) is 0.120. The Morgan fingerprint density at radius 3 is 2.50 bits per heavy atom. The number of pyridine rings is 1. The summed E-state index contributed by atoms with van der Waals surface area (Å²) in [5.41, 5.74) is -0.593. The van der Waals surface area contributed by atoms with Crippen molar-refractivity contribution in [3.63, 3.8) is 0 Å². The van der Waals surface area contributed by atoms with Crippen molar-refractivity contribution >= 4 is 17.5 Å². The minimum Gasteiger partial charge on any atom is -0.346 e. The SMILES string of the molecule is Cn1ccc(-c2cc(C(=O)Nc3cc4c(nc3-c3ccccc3)CNC4=O)c(F)cc2C(F)(F)F)n1. The number of anilines is 1. The molecule has 4 aromatic rings. The van der Waals surface area contributed by atoms with Crippen LogP contribution in [-0.2, 0) is 19.8 Å². The second kappa shape index (κ2) is 8.59. The number of rotatable bonds is 4. The van der Waals surface area contributed by atoms with Gasteiger partial charge in [0, 0.05) is 24.4 Å². The third-order valence-electron chi connectivity index (χ3n) is 5.70. The summed E-state index contributed by atoms with van der Waals surface area (Å²) in [6.07, 6.45) is -3.44. The van der Waals surface area contributed by atoms with Crippen molar-refractivity contribution in [3.8, 4) is 22.5 Å². The highest BCUT2D eigenvalue weighted by molar-refractivity contribution is 6.08. The second-order valence-corrected chi connectivity index (χ2v) is 8.13. The van der Waals surface area contributed by atoms with Gasteiger partial charge in [0.05, 0.1) is 46.0 Å². The summed E-state index contributed by atoms with van der Waals surface area (Å²) in [5, 5.41) is 9.15. The number of carbonyl (C=O) groups is 2. The van der Waals surface area contributed by atoms with E-state index in [0.29, 0.717) is 17.0 Å². The van der Waals surface area contributed by atoms with Crippen LogP contribution in [0.2, 0.25) is 0 Å². The summed E-state index contributed by atoms with van der Waals surface area (Å²) in [7, 11) is 1.52. The lowest BCUT2D eigenvalue weighted by molar-refractivity contribution is -0.137. The first-order valence-corrected chi connectivity index (χ1v) is 10.7. The lowest BCUT2D eigenvalue weighted by atomic mass is 9.99. The van der Waals surface area contributed by atoms with Crippen LogP contribution < -0.4 is 10.6 Å². The number of nitrogens with zero attached hydrogens (tertiary/aromatic N) is 3. The number of alkyl halides is 3. The van der Waals surface area contributed by atoms with E-state index in [0.717, 1.165) is 6.07 Å². The number of carbonyl (C=O) groups excluding carboxylic acids is 2. The van der Waals surface area contributed by atoms with Gasteiger partial charge in [-0.25, -0.2) is 9.37 Å². The molecule has 0 aliphatic carbocycles. The first kappa shape index (κ1) is 23.2. The molecule has 1 aliphatic rings. The van der Waals surface area contributed by atoms with Crippen LogP contribution >= 0.6 is 0 Å². The van der Waals surface area contributed by atoms with Crippen molar-refractivity contribution in [1.82, 2.24) is 20.1 Å². The Balaban J connectivity index is 1.60. The topological polar surface area (TPSA) is 88.9 Å². The van der Waals surface area contributed by atoms with E-state index < -0.39 is 34.6 Å². The van der Waals surface area contributed by atoms with Crippen molar-refractivity contribution in [3.05, 3.63) is 89.0 Å². The van der Waals surface area contributed by atoms with E-state index in [1.807, 2.05) is 0 Å². The molecule has 1 aliphatic heterocycles. The molecule has 0 spiro atoms. The number of halogens is 4. The molecule has 0 saturated carbocycles. The lowest BCUT2D eigenvalue weighted by Gasteiger charge is -2.16. The Morgan fingerprint density at radius 2 is 1.83 bits per heavy atom. The Kier molecular flexibility index (Phi) is 5.54. The van der Waals surface area contributed by atoms with Gasteiger partial charge in [-0.3, -0.25) is 14.3 Å². The van der Waals surface area contributed by atoms with Crippen LogP contribution in [0, 0.1) is 5.82 Å². The summed E-state index contributed by atoms with van der Waals surface area (Å²) < 4.78 is 57.1. The fourth-order valence-electron chi connectivity index (χ4n) is 4.00. The largest absolute Gasteiger partial charge is 0.417 e. The van der Waals surface area contributed by atoms with Gasteiger partial charge in [0.1, 0.15) is 5.82 Å². The maximum Gasteiger partial charge on any atom is 0.417 e. The summed E-state index contributed by atoms with van der Waals surface area (Å²) in [4.78, 5) is 29.8. The fourth-order valence-corrected chi connectivity index (χ4v) is 4.00. The van der Waals surface area contributed by atoms with Gasteiger partial charge in [0.25, 0.3) is 11.8 Å². The number of nitrogens with one attached hydrogen (secondary N) is 2. The maximum atomic E-state index is 14.9. The van der Waals surface area contributed by atoms with Gasteiger partial charge in [0.15, 0.2) is 0 Å². The number of aryl methyl sites for hydroxylation is 1. The molecule has 0 bridgehead atoms. The third-order valence-corrected chi connectivity index (χ3v) is 5.70. The molecule has 7 nitrogen and oxygen atoms in total. The number of hydrogen-bond acceptors (Lipinski definition) is 4. The van der Waals surface area contributed by atoms with Crippen LogP contribution in [0.3, 0.4) is 0 Å². The predicted molar refractivity (Wildman–Crippen MR) is 122 cm³/mol. The quantitative estimate of drug-likeness (QED) is 0.398. The molecule has 0 fully saturated rings. The zero-order valence-corrected chi connectivity index (χ0v) is 18.7. The smallest absolute Gasteiger partial charge is 0.346 e. The summed E-state index contributed by atoms with van der Waals surface area (Å²) in [5.74, 6) is -2.74. The third kappa shape index (κ3) is 4.19. The van der Waals surface area contributed by atoms with Gasteiger partial charge >= 0.3 is 6.18 Å². The minimum atomic E-state index is -4.87. The van der Waals surface area contributed by atoms with Gasteiger partial charge in [-0.15, -0.1) is 0 Å². The highest BCUT2D eigenvalue weighted by Gasteiger charge is 2.36. The van der Waals surface area contributed by atoms with Crippen molar-refractivity contribution in [2.75, 3.05) is 5.32 Å². The monoisotopic (exact) mass is 495 g/mol. The Bertz CT molecular complexity index is 1510. The molecule has 5 rings (SSSR count). The van der Waals surface area contributed by atoms with Crippen molar-refractivity contribution < 1.29 is 27.2 Å². The van der Waals surface area contributed by atoms with E-state index in [-0.39, 0.29) is 35.5 Å². The van der Waals surface area contributed by atoms with Crippen LogP contribution in [0.4, 0.5) is 23.2 Å². The van der Waals surface area contributed by atoms with Gasteiger partial charge in [-0.2, -0.15) is 18.3 Å². The van der Waals surface area contributed by atoms with E-state index in [1.165, 1.54) is 30.1 Å². The highest BCUT2D eigenvalue weighted by Crippen LogP contribution is 2.38. The molecule has 2 amide bonds. The number of amides is 2. The van der Waals surface area contributed by atoms with E-state index in [2.05, 4.69) is 20.7 Å². The maximum absolute atomic E-state index is 14.9. The predicted octanol–water partition coefficient (Wildman–Crippen LogP) is 4.80. The van der Waals surface area contributed by atoms with Gasteiger partial charge in [-0.1, -0.05) is 30.3 Å². The van der Waals surface area contributed by atoms with Crippen LogP contribution in [0.15, 0.2) is 60.8 Å². The molecule has 3 heterocycles. The molecule has 0 atom stereocenters. The molecule has 2 N–H and O–H groups in total. The molecule has 2 aromatic heterocycles. The van der Waals surface area contributed by atoms with Crippen molar-refractivity contribution in [2.24, 2.45) is 7.05 Å². The van der Waals surface area contributed by atoms with Gasteiger partial charge < -0.3 is 10.6 Å². The Morgan fingerprint density at radius 1 is 1.08 bits per heavy atom. The van der Waals surface area contributed by atoms with Crippen LogP contribution in [0.25, 0.3) is 22.5 Å². The Labute approximate surface area is 201 Å². The molecular formula is C25H17F4N5O2.